The monoisotopic (exact) mass is 210 g/mol. The van der Waals surface area contributed by atoms with E-state index < -0.39 is 8.80 Å². The Kier molecular flexibility index (Phi) is 7.55. The van der Waals surface area contributed by atoms with Gasteiger partial charge in [-0.1, -0.05) is 13.3 Å². The molecule has 0 spiro atoms. The lowest BCUT2D eigenvalue weighted by molar-refractivity contribution is 0.0861. The van der Waals surface area contributed by atoms with Crippen molar-refractivity contribution in [3.05, 3.63) is 0 Å². The lowest BCUT2D eigenvalue weighted by Crippen LogP contribution is -2.44. The van der Waals surface area contributed by atoms with Gasteiger partial charge >= 0.3 is 8.80 Å². The molecule has 0 aliphatic heterocycles. The Labute approximate surface area is 85.7 Å². The van der Waals surface area contributed by atoms with E-state index in [1.54, 1.807) is 7.11 Å². The topological polar surface area (TPSA) is 27.7 Å². The maximum Gasteiger partial charge on any atom is 0.500 e. The second-order valence-electron chi connectivity index (χ2n) is 2.86. The van der Waals surface area contributed by atoms with Crippen molar-refractivity contribution >= 4 is 8.80 Å². The zero-order chi connectivity index (χ0) is 10.2. The van der Waals surface area contributed by atoms with Crippen molar-refractivity contribution in [2.75, 3.05) is 20.3 Å². The third kappa shape index (κ3) is 4.76. The van der Waals surface area contributed by atoms with Gasteiger partial charge in [0.05, 0.1) is 0 Å². The molecule has 0 aromatic carbocycles. The fraction of sp³-hybridized carbons (Fsp3) is 1.00. The minimum Gasteiger partial charge on any atom is -0.377 e. The molecule has 0 fully saturated rings. The molecule has 0 aromatic heterocycles. The highest BCUT2D eigenvalue weighted by atomic mass is 28.4. The molecule has 0 bridgehead atoms. The first-order valence-corrected chi connectivity index (χ1v) is 7.00. The van der Waals surface area contributed by atoms with Gasteiger partial charge in [-0.25, -0.2) is 0 Å². The largest absolute Gasteiger partial charge is 0.500 e. The first kappa shape index (κ1) is 13.1. The summed E-state index contributed by atoms with van der Waals surface area (Å²) in [5.41, 5.74) is 0. The van der Waals surface area contributed by atoms with E-state index >= 15 is 0 Å². The van der Waals surface area contributed by atoms with E-state index in [2.05, 4.69) is 6.92 Å². The molecule has 0 unspecified atom stereocenters. The van der Waals surface area contributed by atoms with Gasteiger partial charge in [-0.15, -0.1) is 0 Å². The van der Waals surface area contributed by atoms with Crippen molar-refractivity contribution < 1.29 is 16.1 Å². The summed E-state index contributed by atoms with van der Waals surface area (Å²) in [7, 11) is -0.603. The molecule has 4 heteroatoms. The van der Waals surface area contributed by atoms with Gasteiger partial charge in [0.2, 0.25) is 0 Å². The Balaban J connectivity index is -0.000000720. The van der Waals surface area contributed by atoms with E-state index in [9.17, 15) is 0 Å². The maximum absolute atomic E-state index is 5.62. The fourth-order valence-corrected chi connectivity index (χ4v) is 3.72. The first-order valence-electron chi connectivity index (χ1n) is 5.07. The Morgan fingerprint density at radius 3 is 1.92 bits per heavy atom. The predicted octanol–water partition coefficient (Wildman–Crippen LogP) is 2.94. The van der Waals surface area contributed by atoms with Gasteiger partial charge in [0.15, 0.2) is 0 Å². The summed E-state index contributed by atoms with van der Waals surface area (Å²) in [5, 5.41) is 0. The summed E-state index contributed by atoms with van der Waals surface area (Å²) in [6.07, 6.45) is 2.26. The minimum absolute atomic E-state index is 0. The molecular weight excluding hydrogens is 184 g/mol. The van der Waals surface area contributed by atoms with Gasteiger partial charge in [-0.2, -0.15) is 0 Å². The molecule has 84 valence electrons. The molecule has 0 saturated carbocycles. The van der Waals surface area contributed by atoms with Crippen molar-refractivity contribution in [3.8, 4) is 0 Å². The van der Waals surface area contributed by atoms with Crippen LogP contribution in [0.15, 0.2) is 0 Å². The van der Waals surface area contributed by atoms with Crippen molar-refractivity contribution in [2.24, 2.45) is 0 Å². The van der Waals surface area contributed by atoms with Crippen LogP contribution >= 0.6 is 0 Å². The SMILES string of the molecule is CCCC[Si](OC)(OCC)OCC.[HH].[HH]. The van der Waals surface area contributed by atoms with Crippen LogP contribution in [-0.2, 0) is 13.3 Å². The zero-order valence-electron chi connectivity index (χ0n) is 9.26. The van der Waals surface area contributed by atoms with Crippen molar-refractivity contribution in [1.82, 2.24) is 0 Å². The smallest absolute Gasteiger partial charge is 0.377 e. The van der Waals surface area contributed by atoms with Crippen LogP contribution in [0.3, 0.4) is 0 Å². The van der Waals surface area contributed by atoms with Crippen LogP contribution in [0.25, 0.3) is 0 Å². The summed E-state index contributed by atoms with van der Waals surface area (Å²) >= 11 is 0. The standard InChI is InChI=1S/C9H22O3Si.2H2/c1-5-8-9-13(10-4,11-6-2)12-7-3;;/h5-9H2,1-4H3;2*1H. The van der Waals surface area contributed by atoms with Crippen LogP contribution in [0, 0.1) is 0 Å². The van der Waals surface area contributed by atoms with Crippen LogP contribution < -0.4 is 0 Å². The summed E-state index contributed by atoms with van der Waals surface area (Å²) < 4.78 is 16.6. The van der Waals surface area contributed by atoms with Crippen molar-refractivity contribution in [3.63, 3.8) is 0 Å². The van der Waals surface area contributed by atoms with Crippen LogP contribution in [0.1, 0.15) is 36.5 Å². The van der Waals surface area contributed by atoms with Gasteiger partial charge in [0.25, 0.3) is 0 Å². The Bertz CT molecular complexity index is 122. The molecular formula is C9H26O3Si. The Morgan fingerprint density at radius 2 is 1.62 bits per heavy atom. The number of unbranched alkanes of at least 4 members (excludes halogenated alkanes) is 1. The van der Waals surface area contributed by atoms with Crippen LogP contribution in [-0.4, -0.2) is 29.1 Å². The average molecular weight is 210 g/mol. The minimum atomic E-state index is -2.29. The highest BCUT2D eigenvalue weighted by Gasteiger charge is 2.38. The number of rotatable bonds is 8. The molecule has 0 aliphatic rings. The molecule has 0 heterocycles. The fourth-order valence-electron chi connectivity index (χ4n) is 1.24. The molecule has 0 saturated heterocycles. The van der Waals surface area contributed by atoms with E-state index in [-0.39, 0.29) is 2.85 Å². The normalized spacial score (nSPS) is 12.0. The van der Waals surface area contributed by atoms with Crippen LogP contribution in [0.2, 0.25) is 6.04 Å². The third-order valence-corrected chi connectivity index (χ3v) is 4.92. The van der Waals surface area contributed by atoms with E-state index in [0.29, 0.717) is 13.2 Å². The van der Waals surface area contributed by atoms with Crippen LogP contribution in [0.4, 0.5) is 0 Å². The highest BCUT2D eigenvalue weighted by Crippen LogP contribution is 2.17. The van der Waals surface area contributed by atoms with Crippen LogP contribution in [0.5, 0.6) is 0 Å². The zero-order valence-corrected chi connectivity index (χ0v) is 10.3. The van der Waals surface area contributed by atoms with Gasteiger partial charge in [0, 0.05) is 29.2 Å². The van der Waals surface area contributed by atoms with E-state index in [1.165, 1.54) is 0 Å². The lowest BCUT2D eigenvalue weighted by Gasteiger charge is -2.26. The highest BCUT2D eigenvalue weighted by molar-refractivity contribution is 6.60. The van der Waals surface area contributed by atoms with Gasteiger partial charge in [-0.3, -0.25) is 0 Å². The van der Waals surface area contributed by atoms with E-state index in [0.717, 1.165) is 18.9 Å². The van der Waals surface area contributed by atoms with Gasteiger partial charge in [-0.05, 0) is 20.3 Å². The lowest BCUT2D eigenvalue weighted by atomic mass is 10.4. The summed E-state index contributed by atoms with van der Waals surface area (Å²) in [6, 6.07) is 0.932. The number of hydrogen-bond donors (Lipinski definition) is 0. The second kappa shape index (κ2) is 7.50. The first-order chi connectivity index (χ1) is 6.24. The number of hydrogen-bond acceptors (Lipinski definition) is 3. The molecule has 0 amide bonds. The summed E-state index contributed by atoms with van der Waals surface area (Å²) in [5.74, 6) is 0. The van der Waals surface area contributed by atoms with Gasteiger partial charge < -0.3 is 13.3 Å². The molecule has 0 aliphatic carbocycles. The van der Waals surface area contributed by atoms with Crippen molar-refractivity contribution in [2.45, 2.75) is 39.7 Å². The maximum atomic E-state index is 5.62. The molecule has 3 nitrogen and oxygen atoms in total. The molecule has 13 heavy (non-hydrogen) atoms. The average Bonchev–Trinajstić information content (AvgIpc) is 2.15. The third-order valence-electron chi connectivity index (χ3n) is 1.88. The quantitative estimate of drug-likeness (QED) is 0.577. The summed E-state index contributed by atoms with van der Waals surface area (Å²) in [4.78, 5) is 0. The Hall–Kier alpha value is 0.0969. The Morgan fingerprint density at radius 1 is 1.08 bits per heavy atom. The second-order valence-corrected chi connectivity index (χ2v) is 5.71. The van der Waals surface area contributed by atoms with Crippen molar-refractivity contribution in [1.29, 1.82) is 0 Å². The predicted molar refractivity (Wildman–Crippen MR) is 60.0 cm³/mol. The van der Waals surface area contributed by atoms with E-state index in [4.69, 9.17) is 13.3 Å². The molecule has 0 aromatic rings. The molecule has 0 rings (SSSR count). The van der Waals surface area contributed by atoms with Gasteiger partial charge in [0.1, 0.15) is 0 Å². The van der Waals surface area contributed by atoms with E-state index in [1.807, 2.05) is 13.8 Å². The molecule has 0 radical (unpaired) electrons. The summed E-state index contributed by atoms with van der Waals surface area (Å²) in [6.45, 7) is 7.46. The molecule has 0 atom stereocenters. The molecule has 0 N–H and O–H groups in total.